The molecule has 0 aromatic heterocycles. The molecule has 0 aliphatic heterocycles. The molecule has 66 valence electrons. The number of unbranched alkanes of at least 4 members (excludes halogenated alkanes) is 1. The SMILES string of the molecule is CCCCOC(CC)C(=O)[O-].[K+]. The molecule has 0 N–H and O–H groups in total. The molecule has 3 nitrogen and oxygen atoms in total. The van der Waals surface area contributed by atoms with Gasteiger partial charge in [-0.3, -0.25) is 0 Å². The maximum Gasteiger partial charge on any atom is 1.00 e. The number of carboxylic acids is 1. The third-order valence-electron chi connectivity index (χ3n) is 1.45. The summed E-state index contributed by atoms with van der Waals surface area (Å²) in [5, 5.41) is 10.3. The zero-order chi connectivity index (χ0) is 8.69. The predicted octanol–water partition coefficient (Wildman–Crippen LogP) is -2.66. The van der Waals surface area contributed by atoms with E-state index in [9.17, 15) is 9.90 Å². The van der Waals surface area contributed by atoms with Crippen LogP contribution in [0, 0.1) is 0 Å². The number of carbonyl (C=O) groups excluding carboxylic acids is 1. The van der Waals surface area contributed by atoms with Crippen molar-refractivity contribution in [2.24, 2.45) is 0 Å². The summed E-state index contributed by atoms with van der Waals surface area (Å²) in [6, 6.07) is 0. The van der Waals surface area contributed by atoms with Gasteiger partial charge < -0.3 is 14.6 Å². The molecule has 0 aliphatic rings. The van der Waals surface area contributed by atoms with Gasteiger partial charge in [-0.15, -0.1) is 0 Å². The number of hydrogen-bond donors (Lipinski definition) is 0. The first kappa shape index (κ1) is 15.5. The van der Waals surface area contributed by atoms with Crippen LogP contribution < -0.4 is 56.5 Å². The molecule has 12 heavy (non-hydrogen) atoms. The molecule has 0 aromatic rings. The number of rotatable bonds is 6. The molecule has 0 rings (SSSR count). The van der Waals surface area contributed by atoms with Crippen molar-refractivity contribution in [1.82, 2.24) is 0 Å². The van der Waals surface area contributed by atoms with E-state index in [4.69, 9.17) is 4.74 Å². The van der Waals surface area contributed by atoms with E-state index in [0.29, 0.717) is 13.0 Å². The van der Waals surface area contributed by atoms with E-state index in [1.165, 1.54) is 0 Å². The van der Waals surface area contributed by atoms with E-state index >= 15 is 0 Å². The van der Waals surface area contributed by atoms with Crippen LogP contribution in [0.3, 0.4) is 0 Å². The average Bonchev–Trinajstić information content (AvgIpc) is 1.97. The Balaban J connectivity index is 0. The van der Waals surface area contributed by atoms with Crippen molar-refractivity contribution in [2.45, 2.75) is 39.2 Å². The van der Waals surface area contributed by atoms with E-state index in [1.807, 2.05) is 6.92 Å². The molecule has 1 unspecified atom stereocenters. The van der Waals surface area contributed by atoms with Gasteiger partial charge in [-0.1, -0.05) is 20.3 Å². The van der Waals surface area contributed by atoms with Gasteiger partial charge in [0.15, 0.2) is 0 Å². The second-order valence-electron chi connectivity index (χ2n) is 2.44. The molecule has 0 radical (unpaired) electrons. The van der Waals surface area contributed by atoms with Gasteiger partial charge in [0, 0.05) is 6.61 Å². The van der Waals surface area contributed by atoms with Gasteiger partial charge in [0.1, 0.15) is 0 Å². The number of aliphatic carboxylic acids is 1. The Morgan fingerprint density at radius 2 is 2.08 bits per heavy atom. The monoisotopic (exact) mass is 198 g/mol. The molecule has 0 amide bonds. The topological polar surface area (TPSA) is 49.4 Å². The smallest absolute Gasteiger partial charge is 0.547 e. The van der Waals surface area contributed by atoms with Crippen molar-refractivity contribution in [2.75, 3.05) is 6.61 Å². The van der Waals surface area contributed by atoms with Crippen LogP contribution in [0.2, 0.25) is 0 Å². The quantitative estimate of drug-likeness (QED) is 0.346. The maximum atomic E-state index is 10.3. The van der Waals surface area contributed by atoms with Crippen molar-refractivity contribution in [3.8, 4) is 0 Å². The van der Waals surface area contributed by atoms with Crippen molar-refractivity contribution in [3.63, 3.8) is 0 Å². The minimum absolute atomic E-state index is 0. The fourth-order valence-electron chi connectivity index (χ4n) is 0.722. The van der Waals surface area contributed by atoms with Crippen LogP contribution in [0.15, 0.2) is 0 Å². The summed E-state index contributed by atoms with van der Waals surface area (Å²) in [6.07, 6.45) is 1.68. The van der Waals surface area contributed by atoms with Gasteiger partial charge in [-0.05, 0) is 12.8 Å². The molecular weight excluding hydrogens is 183 g/mol. The minimum atomic E-state index is -1.11. The zero-order valence-electron chi connectivity index (χ0n) is 8.13. The normalized spacial score (nSPS) is 11.8. The Bertz CT molecular complexity index is 117. The summed E-state index contributed by atoms with van der Waals surface area (Å²) in [5.41, 5.74) is 0. The van der Waals surface area contributed by atoms with Crippen LogP contribution in [0.4, 0.5) is 0 Å². The summed E-state index contributed by atoms with van der Waals surface area (Å²) >= 11 is 0. The molecule has 1 atom stereocenters. The maximum absolute atomic E-state index is 10.3. The number of hydrogen-bond acceptors (Lipinski definition) is 3. The molecule has 0 bridgehead atoms. The number of carbonyl (C=O) groups is 1. The van der Waals surface area contributed by atoms with Crippen molar-refractivity contribution in [3.05, 3.63) is 0 Å². The van der Waals surface area contributed by atoms with E-state index in [0.717, 1.165) is 12.8 Å². The predicted molar refractivity (Wildman–Crippen MR) is 39.9 cm³/mol. The number of carboxylic acid groups (broad SMARTS) is 1. The summed E-state index contributed by atoms with van der Waals surface area (Å²) in [6.45, 7) is 4.32. The molecule has 0 fully saturated rings. The first-order valence-electron chi connectivity index (χ1n) is 4.04. The second kappa shape index (κ2) is 10.1. The Hall–Kier alpha value is 1.07. The Labute approximate surface area is 116 Å². The Kier molecular flexibility index (Phi) is 13.1. The van der Waals surface area contributed by atoms with Crippen LogP contribution in [-0.4, -0.2) is 18.7 Å². The summed E-state index contributed by atoms with van der Waals surface area (Å²) < 4.78 is 5.03. The number of ether oxygens (including phenoxy) is 1. The second-order valence-corrected chi connectivity index (χ2v) is 2.44. The molecule has 0 heterocycles. The van der Waals surface area contributed by atoms with E-state index < -0.39 is 12.1 Å². The van der Waals surface area contributed by atoms with Crippen molar-refractivity contribution in [1.29, 1.82) is 0 Å². The molecule has 0 aliphatic carbocycles. The molecular formula is C8H15KO3. The van der Waals surface area contributed by atoms with Crippen LogP contribution in [-0.2, 0) is 9.53 Å². The van der Waals surface area contributed by atoms with Gasteiger partial charge in [-0.2, -0.15) is 0 Å². The summed E-state index contributed by atoms with van der Waals surface area (Å²) in [7, 11) is 0. The average molecular weight is 198 g/mol. The van der Waals surface area contributed by atoms with E-state index in [1.54, 1.807) is 6.92 Å². The van der Waals surface area contributed by atoms with E-state index in [2.05, 4.69) is 0 Å². The van der Waals surface area contributed by atoms with Crippen LogP contribution in [0.25, 0.3) is 0 Å². The van der Waals surface area contributed by atoms with Gasteiger partial charge >= 0.3 is 51.4 Å². The molecule has 4 heteroatoms. The Morgan fingerprint density at radius 3 is 2.42 bits per heavy atom. The fraction of sp³-hybridized carbons (Fsp3) is 0.875. The van der Waals surface area contributed by atoms with Gasteiger partial charge in [-0.25, -0.2) is 0 Å². The fourth-order valence-corrected chi connectivity index (χ4v) is 0.722. The molecule has 0 saturated heterocycles. The Morgan fingerprint density at radius 1 is 1.50 bits per heavy atom. The standard InChI is InChI=1S/C8H16O3.K/c1-3-5-6-11-7(4-2)8(9)10;/h7H,3-6H2,1-2H3,(H,9,10);/q;+1/p-1. The van der Waals surface area contributed by atoms with Crippen LogP contribution in [0.5, 0.6) is 0 Å². The summed E-state index contributed by atoms with van der Waals surface area (Å²) in [5.74, 6) is -1.11. The first-order chi connectivity index (χ1) is 5.22. The van der Waals surface area contributed by atoms with Crippen LogP contribution in [0.1, 0.15) is 33.1 Å². The van der Waals surface area contributed by atoms with Gasteiger partial charge in [0.05, 0.1) is 12.1 Å². The summed E-state index contributed by atoms with van der Waals surface area (Å²) in [4.78, 5) is 10.3. The zero-order valence-corrected chi connectivity index (χ0v) is 11.3. The van der Waals surface area contributed by atoms with Gasteiger partial charge in [0.25, 0.3) is 0 Å². The van der Waals surface area contributed by atoms with Crippen LogP contribution >= 0.6 is 0 Å². The third-order valence-corrected chi connectivity index (χ3v) is 1.45. The largest absolute Gasteiger partial charge is 1.00 e. The minimum Gasteiger partial charge on any atom is -0.547 e. The molecule has 0 aromatic carbocycles. The van der Waals surface area contributed by atoms with Crippen molar-refractivity contribution >= 4 is 5.97 Å². The molecule has 0 saturated carbocycles. The molecule has 0 spiro atoms. The first-order valence-corrected chi connectivity index (χ1v) is 4.04. The third kappa shape index (κ3) is 7.70. The van der Waals surface area contributed by atoms with Gasteiger partial charge in [0.2, 0.25) is 0 Å². The van der Waals surface area contributed by atoms with Crippen molar-refractivity contribution < 1.29 is 66.0 Å². The van der Waals surface area contributed by atoms with E-state index in [-0.39, 0.29) is 51.4 Å².